The van der Waals surface area contributed by atoms with Gasteiger partial charge in [0.25, 0.3) is 0 Å². The molecule has 12 nitrogen and oxygen atoms in total. The van der Waals surface area contributed by atoms with E-state index < -0.39 is 24.9 Å². The number of nitrogens with zero attached hydrogens (tertiary/aromatic N) is 3. The van der Waals surface area contributed by atoms with Gasteiger partial charge in [0.15, 0.2) is 9.84 Å². The van der Waals surface area contributed by atoms with E-state index in [1.54, 1.807) is 0 Å². The number of nitrogens with two attached hydrogens (primary N) is 1. The molecule has 0 amide bonds. The van der Waals surface area contributed by atoms with Crippen molar-refractivity contribution in [2.24, 2.45) is 0 Å². The van der Waals surface area contributed by atoms with Crippen LogP contribution in [0.5, 0.6) is 0 Å². The molecule has 0 fully saturated rings. The molecule has 0 spiro atoms. The molecule has 5 N–H and O–H groups in total. The van der Waals surface area contributed by atoms with E-state index in [0.29, 0.717) is 5.69 Å². The summed E-state index contributed by atoms with van der Waals surface area (Å²) in [5.41, 5.74) is 7.60. The first kappa shape index (κ1) is 29.5. The van der Waals surface area contributed by atoms with Gasteiger partial charge in [-0.15, -0.1) is 0 Å². The van der Waals surface area contributed by atoms with Gasteiger partial charge in [0.2, 0.25) is 17.8 Å². The van der Waals surface area contributed by atoms with E-state index in [-0.39, 0.29) is 65.4 Å². The Hall–Kier alpha value is -2.75. The zero-order chi connectivity index (χ0) is 25.6. The summed E-state index contributed by atoms with van der Waals surface area (Å²) in [5.74, 6) is 0.102. The Morgan fingerprint density at radius 2 is 1.64 bits per heavy atom. The van der Waals surface area contributed by atoms with Gasteiger partial charge in [-0.05, 0) is 36.2 Å². The molecule has 1 heterocycles. The normalized spacial score (nSPS) is 11.3. The molecule has 3 aromatic rings. The summed E-state index contributed by atoms with van der Waals surface area (Å²) >= 11 is 0. The summed E-state index contributed by atoms with van der Waals surface area (Å²) in [6, 6.07) is 11.3. The van der Waals surface area contributed by atoms with Crippen molar-refractivity contribution in [2.45, 2.75) is 18.2 Å². The van der Waals surface area contributed by atoms with Crippen LogP contribution in [-0.4, -0.2) is 48.6 Å². The van der Waals surface area contributed by atoms with Crippen molar-refractivity contribution >= 4 is 54.9 Å². The Balaban J connectivity index is 0.00000456. The minimum atomic E-state index is -4.72. The third kappa shape index (κ3) is 8.15. The van der Waals surface area contributed by atoms with E-state index in [1.807, 2.05) is 31.2 Å². The van der Waals surface area contributed by atoms with E-state index in [1.165, 1.54) is 12.1 Å². The first-order valence-corrected chi connectivity index (χ1v) is 13.5. The molecule has 0 atom stereocenters. The van der Waals surface area contributed by atoms with E-state index >= 15 is 0 Å². The smallest absolute Gasteiger partial charge is 0.744 e. The van der Waals surface area contributed by atoms with Gasteiger partial charge in [0.1, 0.15) is 10.1 Å². The first-order valence-electron chi connectivity index (χ1n) is 10.3. The van der Waals surface area contributed by atoms with E-state index in [2.05, 4.69) is 37.5 Å². The SMILES string of the molecule is C=CS(=O)(=O)CCNc1nc(Nc2ccc(S(=O)(=O)[O-])c(N)c2)nc(Nc2ccccc2CC)n1.[Na+]. The van der Waals surface area contributed by atoms with Crippen LogP contribution in [0.4, 0.5) is 34.9 Å². The molecular formula is C21H24N7NaO5S2. The molecule has 0 bridgehead atoms. The van der Waals surface area contributed by atoms with Gasteiger partial charge in [-0.2, -0.15) is 15.0 Å². The van der Waals surface area contributed by atoms with Crippen LogP contribution >= 0.6 is 0 Å². The standard InChI is InChI=1S/C21H25N7O5S2.Na/c1-3-14-7-5-6-8-17(14)25-21-27-19(23-11-12-34(29,30)4-2)26-20(28-21)24-15-9-10-18(16(22)13-15)35(31,32)33;/h4-10,13H,2-3,11-12,22H2,1H3,(H,31,32,33)(H3,23,24,25,26,27,28);/q;+1/p-1. The zero-order valence-corrected chi connectivity index (χ0v) is 23.4. The number of sulfone groups is 1. The Morgan fingerprint density at radius 3 is 2.25 bits per heavy atom. The van der Waals surface area contributed by atoms with Gasteiger partial charge in [-0.25, -0.2) is 16.8 Å². The van der Waals surface area contributed by atoms with E-state index in [0.717, 1.165) is 29.1 Å². The third-order valence-electron chi connectivity index (χ3n) is 4.74. The Bertz CT molecular complexity index is 1450. The molecule has 1 aromatic heterocycles. The minimum Gasteiger partial charge on any atom is -0.744 e. The molecule has 0 aliphatic heterocycles. The molecule has 0 saturated carbocycles. The number of aromatic nitrogens is 3. The van der Waals surface area contributed by atoms with Crippen molar-refractivity contribution in [3.63, 3.8) is 0 Å². The van der Waals surface area contributed by atoms with Crippen molar-refractivity contribution in [3.8, 4) is 0 Å². The topological polar surface area (TPSA) is 192 Å². The fraction of sp³-hybridized carbons (Fsp3) is 0.190. The average Bonchev–Trinajstić information content (AvgIpc) is 2.78. The van der Waals surface area contributed by atoms with Crippen molar-refractivity contribution in [1.29, 1.82) is 0 Å². The maximum absolute atomic E-state index is 11.7. The maximum Gasteiger partial charge on any atom is 1.00 e. The molecule has 0 aliphatic carbocycles. The van der Waals surface area contributed by atoms with Gasteiger partial charge >= 0.3 is 29.6 Å². The van der Waals surface area contributed by atoms with E-state index in [4.69, 9.17) is 5.73 Å². The van der Waals surface area contributed by atoms with Gasteiger partial charge in [0, 0.05) is 23.3 Å². The number of nitrogen functional groups attached to an aromatic ring is 1. The molecule has 2 aromatic carbocycles. The van der Waals surface area contributed by atoms with Crippen LogP contribution in [0, 0.1) is 0 Å². The number of para-hydroxylation sites is 1. The largest absolute Gasteiger partial charge is 1.00 e. The molecule has 15 heteroatoms. The van der Waals surface area contributed by atoms with Crippen LogP contribution in [0.15, 0.2) is 59.3 Å². The summed E-state index contributed by atoms with van der Waals surface area (Å²) in [4.78, 5) is 12.3. The van der Waals surface area contributed by atoms with Gasteiger partial charge in [0.05, 0.1) is 16.3 Å². The maximum atomic E-state index is 11.7. The third-order valence-corrected chi connectivity index (χ3v) is 6.93. The fourth-order valence-electron chi connectivity index (χ4n) is 3.01. The number of rotatable bonds is 11. The van der Waals surface area contributed by atoms with Crippen LogP contribution in [0.3, 0.4) is 0 Å². The number of anilines is 6. The first-order chi connectivity index (χ1) is 16.5. The monoisotopic (exact) mass is 541 g/mol. The quantitative estimate of drug-likeness (QED) is 0.137. The summed E-state index contributed by atoms with van der Waals surface area (Å²) in [6.07, 6.45) is 0.762. The van der Waals surface area contributed by atoms with Crippen LogP contribution < -0.4 is 51.2 Å². The Morgan fingerprint density at radius 1 is 1.00 bits per heavy atom. The van der Waals surface area contributed by atoms with Crippen LogP contribution in [-0.2, 0) is 26.4 Å². The molecule has 0 unspecified atom stereocenters. The summed E-state index contributed by atoms with van der Waals surface area (Å²) in [5, 5.41) is 9.73. The van der Waals surface area contributed by atoms with Crippen molar-refractivity contribution in [1.82, 2.24) is 15.0 Å². The number of benzene rings is 2. The number of nitrogens with one attached hydrogen (secondary N) is 3. The fourth-order valence-corrected chi connectivity index (χ4v) is 4.14. The second kappa shape index (κ2) is 12.5. The molecule has 36 heavy (non-hydrogen) atoms. The predicted molar refractivity (Wildman–Crippen MR) is 134 cm³/mol. The van der Waals surface area contributed by atoms with Crippen molar-refractivity contribution < 1.29 is 50.9 Å². The second-order valence-electron chi connectivity index (χ2n) is 7.23. The second-order valence-corrected chi connectivity index (χ2v) is 10.6. The molecule has 0 aliphatic rings. The molecular weight excluding hydrogens is 517 g/mol. The number of hydrogen-bond donors (Lipinski definition) is 4. The average molecular weight is 542 g/mol. The number of hydrogen-bond acceptors (Lipinski definition) is 12. The van der Waals surface area contributed by atoms with Crippen LogP contribution in [0.25, 0.3) is 0 Å². The van der Waals surface area contributed by atoms with Crippen LogP contribution in [0.1, 0.15) is 12.5 Å². The van der Waals surface area contributed by atoms with Crippen LogP contribution in [0.2, 0.25) is 0 Å². The predicted octanol–water partition coefficient (Wildman–Crippen LogP) is -0.618. The summed E-state index contributed by atoms with van der Waals surface area (Å²) in [6.45, 7) is 5.30. The number of aryl methyl sites for hydroxylation is 1. The van der Waals surface area contributed by atoms with Gasteiger partial charge in [-0.1, -0.05) is 31.7 Å². The van der Waals surface area contributed by atoms with Crippen molar-refractivity contribution in [2.75, 3.05) is 34.0 Å². The van der Waals surface area contributed by atoms with Crippen molar-refractivity contribution in [3.05, 3.63) is 60.0 Å². The summed E-state index contributed by atoms with van der Waals surface area (Å²) < 4.78 is 57.2. The Labute approximate surface area is 231 Å². The minimum absolute atomic E-state index is 0. The molecule has 0 saturated heterocycles. The van der Waals surface area contributed by atoms with E-state index in [9.17, 15) is 21.4 Å². The molecule has 3 rings (SSSR count). The molecule has 0 radical (unpaired) electrons. The Kier molecular flexibility index (Phi) is 10.2. The summed E-state index contributed by atoms with van der Waals surface area (Å²) in [7, 11) is -8.15. The molecule has 186 valence electrons. The van der Waals surface area contributed by atoms with Gasteiger partial charge in [-0.3, -0.25) is 0 Å². The van der Waals surface area contributed by atoms with Gasteiger partial charge < -0.3 is 26.2 Å². The zero-order valence-electron chi connectivity index (χ0n) is 19.7.